The van der Waals surface area contributed by atoms with Crippen LogP contribution in [0.1, 0.15) is 46.0 Å². The normalized spacial score (nSPS) is 19.7. The van der Waals surface area contributed by atoms with Gasteiger partial charge in [-0.1, -0.05) is 20.3 Å². The molecule has 0 saturated carbocycles. The highest BCUT2D eigenvalue weighted by molar-refractivity contribution is 5.62. The molecular weight excluding hydrogens is 248 g/mol. The second kappa shape index (κ2) is 7.41. The lowest BCUT2D eigenvalue weighted by molar-refractivity contribution is 0.319. The first-order valence-electron chi connectivity index (χ1n) is 8.01. The minimum Gasteiger partial charge on any atom is -0.491 e. The van der Waals surface area contributed by atoms with Crippen molar-refractivity contribution in [2.75, 3.05) is 30.3 Å². The molecular formula is C17H28N2O. The molecule has 0 spiro atoms. The van der Waals surface area contributed by atoms with Crippen molar-refractivity contribution >= 4 is 11.4 Å². The van der Waals surface area contributed by atoms with E-state index < -0.39 is 0 Å². The van der Waals surface area contributed by atoms with Crippen molar-refractivity contribution in [3.63, 3.8) is 0 Å². The number of hydrogen-bond donors (Lipinski definition) is 1. The Kier molecular flexibility index (Phi) is 5.57. The van der Waals surface area contributed by atoms with Crippen LogP contribution in [0.2, 0.25) is 0 Å². The van der Waals surface area contributed by atoms with Gasteiger partial charge in [-0.05, 0) is 43.7 Å². The quantitative estimate of drug-likeness (QED) is 0.824. The molecule has 2 rings (SSSR count). The molecule has 0 aliphatic carbocycles. The minimum absolute atomic E-state index is 0.728. The monoisotopic (exact) mass is 276 g/mol. The van der Waals surface area contributed by atoms with Crippen molar-refractivity contribution in [2.24, 2.45) is 5.92 Å². The number of nitrogens with two attached hydrogens (primary N) is 1. The molecule has 0 radical (unpaired) electrons. The van der Waals surface area contributed by atoms with Crippen molar-refractivity contribution in [1.82, 2.24) is 0 Å². The SMILES string of the molecule is CCCOc1cc(N2CCCC(CC)CC2)ccc1N. The number of nitrogen functional groups attached to an aromatic ring is 1. The number of hydrogen-bond acceptors (Lipinski definition) is 3. The van der Waals surface area contributed by atoms with Crippen LogP contribution >= 0.6 is 0 Å². The summed E-state index contributed by atoms with van der Waals surface area (Å²) in [6.45, 7) is 7.44. The predicted molar refractivity (Wildman–Crippen MR) is 86.5 cm³/mol. The van der Waals surface area contributed by atoms with Gasteiger partial charge in [0.25, 0.3) is 0 Å². The summed E-state index contributed by atoms with van der Waals surface area (Å²) in [5, 5.41) is 0. The molecule has 3 heteroatoms. The van der Waals surface area contributed by atoms with Crippen LogP contribution in [-0.4, -0.2) is 19.7 Å². The first-order chi connectivity index (χ1) is 9.74. The average molecular weight is 276 g/mol. The highest BCUT2D eigenvalue weighted by atomic mass is 16.5. The average Bonchev–Trinajstić information content (AvgIpc) is 2.72. The van der Waals surface area contributed by atoms with Crippen LogP contribution in [0.5, 0.6) is 5.75 Å². The standard InChI is InChI=1S/C17H28N2O/c1-3-12-20-17-13-15(7-8-16(17)18)19-10-5-6-14(4-2)9-11-19/h7-8,13-14H,3-6,9-12,18H2,1-2H3. The van der Waals surface area contributed by atoms with Crippen molar-refractivity contribution in [1.29, 1.82) is 0 Å². The summed E-state index contributed by atoms with van der Waals surface area (Å²) in [7, 11) is 0. The topological polar surface area (TPSA) is 38.5 Å². The zero-order chi connectivity index (χ0) is 14.4. The molecule has 112 valence electrons. The molecule has 2 N–H and O–H groups in total. The molecule has 1 saturated heterocycles. The number of rotatable bonds is 5. The Labute approximate surface area is 123 Å². The largest absolute Gasteiger partial charge is 0.491 e. The molecule has 1 fully saturated rings. The Morgan fingerprint density at radius 1 is 1.25 bits per heavy atom. The first kappa shape index (κ1) is 15.0. The van der Waals surface area contributed by atoms with Crippen LogP contribution < -0.4 is 15.4 Å². The van der Waals surface area contributed by atoms with Crippen LogP contribution in [-0.2, 0) is 0 Å². The lowest BCUT2D eigenvalue weighted by Gasteiger charge is -2.24. The van der Waals surface area contributed by atoms with Gasteiger partial charge in [0.1, 0.15) is 5.75 Å². The molecule has 3 nitrogen and oxygen atoms in total. The summed E-state index contributed by atoms with van der Waals surface area (Å²) in [5.74, 6) is 1.73. The van der Waals surface area contributed by atoms with Crippen LogP contribution in [0.15, 0.2) is 18.2 Å². The number of anilines is 2. The lowest BCUT2D eigenvalue weighted by Crippen LogP contribution is -2.24. The Morgan fingerprint density at radius 2 is 2.10 bits per heavy atom. The molecule has 0 aromatic heterocycles. The van der Waals surface area contributed by atoms with Gasteiger partial charge in [0.2, 0.25) is 0 Å². The molecule has 1 unspecified atom stereocenters. The third-order valence-corrected chi connectivity index (χ3v) is 4.25. The van der Waals surface area contributed by atoms with E-state index in [2.05, 4.69) is 30.9 Å². The van der Waals surface area contributed by atoms with Gasteiger partial charge in [0, 0.05) is 24.8 Å². The molecule has 0 bridgehead atoms. The smallest absolute Gasteiger partial charge is 0.144 e. The van der Waals surface area contributed by atoms with E-state index in [9.17, 15) is 0 Å². The van der Waals surface area contributed by atoms with E-state index in [1.54, 1.807) is 0 Å². The van der Waals surface area contributed by atoms with Crippen molar-refractivity contribution in [3.8, 4) is 5.75 Å². The third kappa shape index (κ3) is 3.81. The van der Waals surface area contributed by atoms with E-state index in [1.165, 1.54) is 31.4 Å². The summed E-state index contributed by atoms with van der Waals surface area (Å²) in [6.07, 6.45) is 6.26. The summed E-state index contributed by atoms with van der Waals surface area (Å²) < 4.78 is 5.74. The van der Waals surface area contributed by atoms with E-state index in [0.29, 0.717) is 0 Å². The van der Waals surface area contributed by atoms with E-state index >= 15 is 0 Å². The van der Waals surface area contributed by atoms with Gasteiger partial charge >= 0.3 is 0 Å². The number of ether oxygens (including phenoxy) is 1. The zero-order valence-electron chi connectivity index (χ0n) is 12.9. The van der Waals surface area contributed by atoms with Gasteiger partial charge in [0.15, 0.2) is 0 Å². The second-order valence-electron chi connectivity index (χ2n) is 5.76. The van der Waals surface area contributed by atoms with Gasteiger partial charge in [0.05, 0.1) is 12.3 Å². The Morgan fingerprint density at radius 3 is 2.85 bits per heavy atom. The molecule has 1 aromatic rings. The van der Waals surface area contributed by atoms with Crippen molar-refractivity contribution in [3.05, 3.63) is 18.2 Å². The second-order valence-corrected chi connectivity index (χ2v) is 5.76. The highest BCUT2D eigenvalue weighted by Gasteiger charge is 2.16. The molecule has 1 aliphatic heterocycles. The molecule has 1 heterocycles. The molecule has 1 aliphatic rings. The summed E-state index contributed by atoms with van der Waals surface area (Å²) >= 11 is 0. The molecule has 20 heavy (non-hydrogen) atoms. The van der Waals surface area contributed by atoms with Crippen LogP contribution in [0, 0.1) is 5.92 Å². The van der Waals surface area contributed by atoms with Gasteiger partial charge in [-0.3, -0.25) is 0 Å². The van der Waals surface area contributed by atoms with E-state index in [-0.39, 0.29) is 0 Å². The van der Waals surface area contributed by atoms with Gasteiger partial charge < -0.3 is 15.4 Å². The third-order valence-electron chi connectivity index (χ3n) is 4.25. The Hall–Kier alpha value is -1.38. The summed E-state index contributed by atoms with van der Waals surface area (Å²) in [4.78, 5) is 2.48. The summed E-state index contributed by atoms with van der Waals surface area (Å²) in [5.41, 5.74) is 7.98. The van der Waals surface area contributed by atoms with Crippen LogP contribution in [0.4, 0.5) is 11.4 Å². The lowest BCUT2D eigenvalue weighted by atomic mass is 9.98. The minimum atomic E-state index is 0.728. The van der Waals surface area contributed by atoms with Gasteiger partial charge in [-0.15, -0.1) is 0 Å². The first-order valence-corrected chi connectivity index (χ1v) is 8.01. The zero-order valence-corrected chi connectivity index (χ0v) is 12.9. The number of benzene rings is 1. The van der Waals surface area contributed by atoms with Crippen molar-refractivity contribution < 1.29 is 4.74 Å². The van der Waals surface area contributed by atoms with Crippen LogP contribution in [0.3, 0.4) is 0 Å². The fraction of sp³-hybridized carbons (Fsp3) is 0.647. The van der Waals surface area contributed by atoms with Crippen LogP contribution in [0.25, 0.3) is 0 Å². The summed E-state index contributed by atoms with van der Waals surface area (Å²) in [6, 6.07) is 6.21. The maximum absolute atomic E-state index is 5.99. The fourth-order valence-electron chi connectivity index (χ4n) is 2.89. The van der Waals surface area contributed by atoms with E-state index in [1.807, 2.05) is 6.07 Å². The number of nitrogens with zero attached hydrogens (tertiary/aromatic N) is 1. The predicted octanol–water partition coefficient (Wildman–Crippen LogP) is 4.07. The maximum atomic E-state index is 5.99. The Balaban J connectivity index is 2.07. The Bertz CT molecular complexity index is 419. The molecule has 1 atom stereocenters. The molecule has 0 amide bonds. The van der Waals surface area contributed by atoms with Gasteiger partial charge in [-0.25, -0.2) is 0 Å². The highest BCUT2D eigenvalue weighted by Crippen LogP contribution is 2.30. The van der Waals surface area contributed by atoms with E-state index in [4.69, 9.17) is 10.5 Å². The van der Waals surface area contributed by atoms with E-state index in [0.717, 1.165) is 43.5 Å². The maximum Gasteiger partial charge on any atom is 0.144 e. The van der Waals surface area contributed by atoms with Crippen molar-refractivity contribution in [2.45, 2.75) is 46.0 Å². The molecule has 1 aromatic carbocycles. The van der Waals surface area contributed by atoms with Gasteiger partial charge in [-0.2, -0.15) is 0 Å². The fourth-order valence-corrected chi connectivity index (χ4v) is 2.89.